The molecule has 0 bridgehead atoms. The van der Waals surface area contributed by atoms with Crippen molar-refractivity contribution in [3.8, 4) is 0 Å². The molecule has 0 amide bonds. The van der Waals surface area contributed by atoms with E-state index in [4.69, 9.17) is 4.74 Å². The Labute approximate surface area is 114 Å². The van der Waals surface area contributed by atoms with E-state index in [0.29, 0.717) is 13.0 Å². The standard InChI is InChI=1S/C11H18Br2O3/c1-3-16-10(15)11(13,9(2)14)7-5-4-6-8-12/h3-8H2,1-2H3. The van der Waals surface area contributed by atoms with Crippen molar-refractivity contribution < 1.29 is 14.3 Å². The number of ketones is 1. The van der Waals surface area contributed by atoms with Crippen LogP contribution in [0.25, 0.3) is 0 Å². The van der Waals surface area contributed by atoms with E-state index in [-0.39, 0.29) is 5.78 Å². The number of carbonyl (C=O) groups excluding carboxylic acids is 2. The summed E-state index contributed by atoms with van der Waals surface area (Å²) in [5.41, 5.74) is 0. The smallest absolute Gasteiger partial charge is 0.330 e. The van der Waals surface area contributed by atoms with Gasteiger partial charge in [-0.25, -0.2) is 0 Å². The zero-order valence-electron chi connectivity index (χ0n) is 9.72. The minimum Gasteiger partial charge on any atom is -0.465 e. The van der Waals surface area contributed by atoms with Crippen LogP contribution in [-0.2, 0) is 14.3 Å². The molecule has 0 saturated heterocycles. The summed E-state index contributed by atoms with van der Waals surface area (Å²) in [5, 5.41) is 0.946. The minimum atomic E-state index is -1.14. The number of carbonyl (C=O) groups is 2. The fourth-order valence-electron chi connectivity index (χ4n) is 1.31. The molecule has 0 rings (SSSR count). The van der Waals surface area contributed by atoms with E-state index in [9.17, 15) is 9.59 Å². The number of esters is 1. The van der Waals surface area contributed by atoms with Gasteiger partial charge in [0.2, 0.25) is 0 Å². The highest BCUT2D eigenvalue weighted by Crippen LogP contribution is 2.28. The molecule has 0 aliphatic heterocycles. The van der Waals surface area contributed by atoms with E-state index in [1.807, 2.05) is 0 Å². The van der Waals surface area contributed by atoms with Crippen LogP contribution in [0.2, 0.25) is 0 Å². The van der Waals surface area contributed by atoms with Gasteiger partial charge in [0, 0.05) is 5.33 Å². The van der Waals surface area contributed by atoms with Crippen molar-refractivity contribution in [2.75, 3.05) is 11.9 Å². The Kier molecular flexibility index (Phi) is 8.28. The number of ether oxygens (including phenoxy) is 1. The SMILES string of the molecule is CCOC(=O)C(Br)(CCCCCBr)C(C)=O. The zero-order valence-corrected chi connectivity index (χ0v) is 12.9. The van der Waals surface area contributed by atoms with Crippen molar-refractivity contribution in [1.82, 2.24) is 0 Å². The number of halogens is 2. The van der Waals surface area contributed by atoms with Crippen LogP contribution in [0.1, 0.15) is 39.5 Å². The van der Waals surface area contributed by atoms with E-state index in [2.05, 4.69) is 31.9 Å². The first-order valence-corrected chi connectivity index (χ1v) is 7.33. The van der Waals surface area contributed by atoms with Crippen LogP contribution in [0.3, 0.4) is 0 Å². The molecule has 1 atom stereocenters. The third kappa shape index (κ3) is 4.95. The second-order valence-corrected chi connectivity index (χ2v) is 5.72. The average molecular weight is 358 g/mol. The minimum absolute atomic E-state index is 0.190. The van der Waals surface area contributed by atoms with Gasteiger partial charge in [0.1, 0.15) is 0 Å². The molecule has 0 aliphatic rings. The fraction of sp³-hybridized carbons (Fsp3) is 0.818. The highest BCUT2D eigenvalue weighted by molar-refractivity contribution is 9.10. The molecule has 0 N–H and O–H groups in total. The van der Waals surface area contributed by atoms with Gasteiger partial charge in [0.15, 0.2) is 10.1 Å². The van der Waals surface area contributed by atoms with E-state index in [1.165, 1.54) is 6.92 Å². The Hall–Kier alpha value is 0.1000. The van der Waals surface area contributed by atoms with Crippen LogP contribution in [0.15, 0.2) is 0 Å². The molecule has 3 nitrogen and oxygen atoms in total. The van der Waals surface area contributed by atoms with Crippen LogP contribution in [0.4, 0.5) is 0 Å². The normalized spacial score (nSPS) is 14.2. The van der Waals surface area contributed by atoms with Crippen LogP contribution in [0, 0.1) is 0 Å². The first kappa shape index (κ1) is 16.1. The third-order valence-electron chi connectivity index (χ3n) is 2.31. The summed E-state index contributed by atoms with van der Waals surface area (Å²) < 4.78 is 3.77. The Morgan fingerprint density at radius 1 is 1.25 bits per heavy atom. The summed E-state index contributed by atoms with van der Waals surface area (Å²) in [4.78, 5) is 23.2. The highest BCUT2D eigenvalue weighted by atomic mass is 79.9. The molecule has 16 heavy (non-hydrogen) atoms. The number of alkyl halides is 2. The van der Waals surface area contributed by atoms with Crippen LogP contribution in [0.5, 0.6) is 0 Å². The lowest BCUT2D eigenvalue weighted by Crippen LogP contribution is -2.40. The summed E-state index contributed by atoms with van der Waals surface area (Å²) in [5.74, 6) is -0.661. The quantitative estimate of drug-likeness (QED) is 0.290. The highest BCUT2D eigenvalue weighted by Gasteiger charge is 2.41. The lowest BCUT2D eigenvalue weighted by atomic mass is 9.97. The van der Waals surface area contributed by atoms with Crippen LogP contribution >= 0.6 is 31.9 Å². The summed E-state index contributed by atoms with van der Waals surface area (Å²) in [6.45, 7) is 3.44. The van der Waals surface area contributed by atoms with Gasteiger partial charge in [-0.1, -0.05) is 44.7 Å². The summed E-state index contributed by atoms with van der Waals surface area (Å²) in [6, 6.07) is 0. The molecule has 0 aromatic heterocycles. The average Bonchev–Trinajstić information content (AvgIpc) is 2.24. The molecule has 94 valence electrons. The van der Waals surface area contributed by atoms with Gasteiger partial charge in [-0.2, -0.15) is 0 Å². The topological polar surface area (TPSA) is 43.4 Å². The van der Waals surface area contributed by atoms with Crippen LogP contribution in [-0.4, -0.2) is 28.0 Å². The Balaban J connectivity index is 4.34. The van der Waals surface area contributed by atoms with Crippen LogP contribution < -0.4 is 0 Å². The molecule has 5 heteroatoms. The molecule has 0 aromatic rings. The lowest BCUT2D eigenvalue weighted by molar-refractivity contribution is -0.148. The molecule has 1 unspecified atom stereocenters. The summed E-state index contributed by atoms with van der Waals surface area (Å²) in [6.07, 6.45) is 3.36. The number of unbranched alkanes of at least 4 members (excludes halogenated alkanes) is 2. The first-order valence-electron chi connectivity index (χ1n) is 5.42. The molecule has 0 spiro atoms. The molecular weight excluding hydrogens is 340 g/mol. The molecule has 0 aliphatic carbocycles. The maximum atomic E-state index is 11.7. The van der Waals surface area contributed by atoms with Gasteiger partial charge in [-0.15, -0.1) is 0 Å². The van der Waals surface area contributed by atoms with E-state index < -0.39 is 10.3 Å². The van der Waals surface area contributed by atoms with Gasteiger partial charge in [-0.3, -0.25) is 9.59 Å². The van der Waals surface area contributed by atoms with Crippen molar-refractivity contribution in [3.63, 3.8) is 0 Å². The van der Waals surface area contributed by atoms with Gasteiger partial charge in [0.05, 0.1) is 6.61 Å². The predicted molar refractivity (Wildman–Crippen MR) is 71.2 cm³/mol. The number of hydrogen-bond donors (Lipinski definition) is 0. The molecular formula is C11H18Br2O3. The van der Waals surface area contributed by atoms with E-state index >= 15 is 0 Å². The second-order valence-electron chi connectivity index (χ2n) is 3.58. The number of hydrogen-bond acceptors (Lipinski definition) is 3. The monoisotopic (exact) mass is 356 g/mol. The first-order chi connectivity index (χ1) is 7.49. The van der Waals surface area contributed by atoms with Crippen molar-refractivity contribution in [2.24, 2.45) is 0 Å². The molecule has 0 aromatic carbocycles. The Bertz CT molecular complexity index is 243. The number of Topliss-reactive ketones (excluding diaryl/α,β-unsaturated/α-hetero) is 1. The number of rotatable bonds is 8. The fourth-order valence-corrected chi connectivity index (χ4v) is 2.10. The van der Waals surface area contributed by atoms with Gasteiger partial charge in [0.25, 0.3) is 0 Å². The molecule has 0 radical (unpaired) electrons. The summed E-state index contributed by atoms with van der Waals surface area (Å²) in [7, 11) is 0. The third-order valence-corrected chi connectivity index (χ3v) is 4.15. The maximum absolute atomic E-state index is 11.7. The zero-order chi connectivity index (χ0) is 12.6. The lowest BCUT2D eigenvalue weighted by Gasteiger charge is -2.22. The van der Waals surface area contributed by atoms with E-state index in [0.717, 1.165) is 24.6 Å². The van der Waals surface area contributed by atoms with Crippen molar-refractivity contribution >= 4 is 43.6 Å². The predicted octanol–water partition coefficient (Wildman–Crippen LogP) is 3.23. The second kappa shape index (κ2) is 8.23. The van der Waals surface area contributed by atoms with Crippen molar-refractivity contribution in [2.45, 2.75) is 43.9 Å². The van der Waals surface area contributed by atoms with E-state index in [1.54, 1.807) is 6.92 Å². The maximum Gasteiger partial charge on any atom is 0.330 e. The molecule has 0 fully saturated rings. The van der Waals surface area contributed by atoms with Gasteiger partial charge in [-0.05, 0) is 26.7 Å². The Morgan fingerprint density at radius 2 is 1.88 bits per heavy atom. The van der Waals surface area contributed by atoms with Crippen molar-refractivity contribution in [3.05, 3.63) is 0 Å². The Morgan fingerprint density at radius 3 is 2.31 bits per heavy atom. The van der Waals surface area contributed by atoms with Crippen molar-refractivity contribution in [1.29, 1.82) is 0 Å². The van der Waals surface area contributed by atoms with Gasteiger partial charge < -0.3 is 4.74 Å². The molecule has 0 saturated carbocycles. The largest absolute Gasteiger partial charge is 0.465 e. The van der Waals surface area contributed by atoms with Gasteiger partial charge >= 0.3 is 5.97 Å². The molecule has 0 heterocycles. The summed E-state index contributed by atoms with van der Waals surface area (Å²) >= 11 is 6.58.